The lowest BCUT2D eigenvalue weighted by Crippen LogP contribution is -2.34. The molecule has 0 spiro atoms. The average Bonchev–Trinajstić information content (AvgIpc) is 3.53. The van der Waals surface area contributed by atoms with Crippen LogP contribution in [0.2, 0.25) is 0 Å². The number of nitrogens with zero attached hydrogens (tertiary/aromatic N) is 1. The first-order valence-electron chi connectivity index (χ1n) is 10.0. The van der Waals surface area contributed by atoms with Crippen molar-refractivity contribution in [1.82, 2.24) is 10.3 Å². The van der Waals surface area contributed by atoms with Crippen LogP contribution < -0.4 is 10.6 Å². The molecule has 3 N–H and O–H groups in total. The number of carbonyl (C=O) groups excluding carboxylic acids is 1. The van der Waals surface area contributed by atoms with Gasteiger partial charge in [-0.1, -0.05) is 6.42 Å². The third-order valence-corrected chi connectivity index (χ3v) is 5.46. The number of aromatic nitrogens is 1. The fraction of sp³-hybridized carbons (Fsp3) is 0.455. The van der Waals surface area contributed by atoms with Gasteiger partial charge >= 0.3 is 0 Å². The van der Waals surface area contributed by atoms with E-state index in [0.29, 0.717) is 17.4 Å². The first-order valence-corrected chi connectivity index (χ1v) is 10.0. The minimum Gasteiger partial charge on any atom is -0.508 e. The molecule has 5 nitrogen and oxygen atoms in total. The van der Waals surface area contributed by atoms with Crippen LogP contribution in [0.25, 0.3) is 11.3 Å². The lowest BCUT2D eigenvalue weighted by molar-refractivity contribution is -0.117. The highest BCUT2D eigenvalue weighted by Crippen LogP contribution is 2.33. The summed E-state index contributed by atoms with van der Waals surface area (Å²) in [7, 11) is 0. The Bertz CT molecular complexity index is 811. The van der Waals surface area contributed by atoms with Crippen molar-refractivity contribution in [2.24, 2.45) is 5.92 Å². The minimum atomic E-state index is 0.0630. The van der Waals surface area contributed by atoms with Gasteiger partial charge in [-0.15, -0.1) is 0 Å². The molecule has 0 bridgehead atoms. The first kappa shape index (κ1) is 18.0. The lowest BCUT2D eigenvalue weighted by atomic mass is 9.96. The quantitative estimate of drug-likeness (QED) is 0.726. The van der Waals surface area contributed by atoms with Gasteiger partial charge < -0.3 is 15.7 Å². The van der Waals surface area contributed by atoms with E-state index in [2.05, 4.69) is 21.7 Å². The van der Waals surface area contributed by atoms with Gasteiger partial charge in [-0.2, -0.15) is 0 Å². The van der Waals surface area contributed by atoms with Crippen molar-refractivity contribution in [2.75, 3.05) is 11.9 Å². The first-order chi connectivity index (χ1) is 13.2. The van der Waals surface area contributed by atoms with Crippen LogP contribution in [0.4, 0.5) is 5.69 Å². The molecule has 1 aliphatic carbocycles. The number of hydrogen-bond donors (Lipinski definition) is 3. The van der Waals surface area contributed by atoms with Gasteiger partial charge in [0.05, 0.1) is 11.4 Å². The Hall–Kier alpha value is -2.40. The number of anilines is 1. The van der Waals surface area contributed by atoms with Gasteiger partial charge in [0, 0.05) is 23.7 Å². The van der Waals surface area contributed by atoms with Crippen LogP contribution in [0.3, 0.4) is 0 Å². The number of aromatic hydroxyl groups is 1. The molecular weight excluding hydrogens is 338 g/mol. The van der Waals surface area contributed by atoms with E-state index >= 15 is 0 Å². The molecule has 2 heterocycles. The maximum absolute atomic E-state index is 12.2. The predicted octanol–water partition coefficient (Wildman–Crippen LogP) is 3.88. The molecule has 0 radical (unpaired) electrons. The van der Waals surface area contributed by atoms with Crippen LogP contribution in [0, 0.1) is 5.92 Å². The Morgan fingerprint density at radius 2 is 2.11 bits per heavy atom. The Morgan fingerprint density at radius 3 is 2.89 bits per heavy atom. The smallest absolute Gasteiger partial charge is 0.227 e. The molecule has 2 fully saturated rings. The number of phenols is 1. The largest absolute Gasteiger partial charge is 0.508 e. The van der Waals surface area contributed by atoms with Crippen molar-refractivity contribution in [3.05, 3.63) is 42.1 Å². The zero-order valence-electron chi connectivity index (χ0n) is 15.6. The standard InChI is InChI=1S/C22H27N3O2/c26-19-13-15(6-9-18-4-1-2-10-23-18)12-17(14-19)21-20(5-3-11-24-21)25-22(27)16-7-8-16/h3,5,11-14,16,18,23,26H,1-2,4,6-10H2,(H,25,27). The van der Waals surface area contributed by atoms with Crippen molar-refractivity contribution in [1.29, 1.82) is 0 Å². The van der Waals surface area contributed by atoms with Gasteiger partial charge in [-0.25, -0.2) is 0 Å². The monoisotopic (exact) mass is 365 g/mol. The molecule has 5 heteroatoms. The molecule has 1 saturated carbocycles. The van der Waals surface area contributed by atoms with E-state index < -0.39 is 0 Å². The molecule has 1 atom stereocenters. The number of benzene rings is 1. The minimum absolute atomic E-state index is 0.0630. The maximum Gasteiger partial charge on any atom is 0.227 e. The van der Waals surface area contributed by atoms with E-state index in [-0.39, 0.29) is 17.6 Å². The summed E-state index contributed by atoms with van der Waals surface area (Å²) in [5.74, 6) is 0.443. The third-order valence-electron chi connectivity index (χ3n) is 5.46. The molecule has 1 unspecified atom stereocenters. The molecule has 1 aromatic heterocycles. The van der Waals surface area contributed by atoms with E-state index in [1.54, 1.807) is 12.3 Å². The molecule has 2 aliphatic rings. The number of amides is 1. The van der Waals surface area contributed by atoms with Crippen molar-refractivity contribution >= 4 is 11.6 Å². The highest BCUT2D eigenvalue weighted by Gasteiger charge is 2.30. The molecule has 1 aliphatic heterocycles. The normalized spacial score (nSPS) is 19.6. The number of nitrogens with one attached hydrogen (secondary N) is 2. The van der Waals surface area contributed by atoms with E-state index in [9.17, 15) is 9.90 Å². The highest BCUT2D eigenvalue weighted by molar-refractivity contribution is 5.97. The van der Waals surface area contributed by atoms with Crippen LogP contribution in [-0.4, -0.2) is 28.6 Å². The summed E-state index contributed by atoms with van der Waals surface area (Å²) in [4.78, 5) is 16.7. The Labute approximate surface area is 160 Å². The molecule has 2 aromatic rings. The number of aryl methyl sites for hydroxylation is 1. The Kier molecular flexibility index (Phi) is 5.39. The van der Waals surface area contributed by atoms with Gasteiger partial charge in [-0.3, -0.25) is 9.78 Å². The van der Waals surface area contributed by atoms with Gasteiger partial charge in [0.2, 0.25) is 5.91 Å². The fourth-order valence-corrected chi connectivity index (χ4v) is 3.78. The number of piperidine rings is 1. The summed E-state index contributed by atoms with van der Waals surface area (Å²) < 4.78 is 0. The second kappa shape index (κ2) is 8.09. The maximum atomic E-state index is 12.2. The zero-order chi connectivity index (χ0) is 18.6. The van der Waals surface area contributed by atoms with Crippen LogP contribution in [0.1, 0.15) is 44.1 Å². The van der Waals surface area contributed by atoms with Crippen molar-refractivity contribution in [2.45, 2.75) is 51.0 Å². The Balaban J connectivity index is 1.53. The summed E-state index contributed by atoms with van der Waals surface area (Å²) in [5.41, 5.74) is 3.36. The van der Waals surface area contributed by atoms with Crippen molar-refractivity contribution < 1.29 is 9.90 Å². The second-order valence-electron chi connectivity index (χ2n) is 7.74. The highest BCUT2D eigenvalue weighted by atomic mass is 16.3. The molecule has 1 aromatic carbocycles. The van der Waals surface area contributed by atoms with E-state index in [4.69, 9.17) is 0 Å². The van der Waals surface area contributed by atoms with Gasteiger partial charge in [0.1, 0.15) is 5.75 Å². The second-order valence-corrected chi connectivity index (χ2v) is 7.74. The number of carbonyl (C=O) groups is 1. The summed E-state index contributed by atoms with van der Waals surface area (Å²) in [6, 6.07) is 9.89. The number of pyridine rings is 1. The fourth-order valence-electron chi connectivity index (χ4n) is 3.78. The SMILES string of the molecule is O=C(Nc1cccnc1-c1cc(O)cc(CCC2CCCCN2)c1)C1CC1. The zero-order valence-corrected chi connectivity index (χ0v) is 15.6. The molecule has 1 saturated heterocycles. The van der Waals surface area contributed by atoms with Gasteiger partial charge in [0.25, 0.3) is 0 Å². The third kappa shape index (κ3) is 4.66. The van der Waals surface area contributed by atoms with Crippen molar-refractivity contribution in [3.8, 4) is 17.0 Å². The van der Waals surface area contributed by atoms with E-state index in [1.165, 1.54) is 19.3 Å². The van der Waals surface area contributed by atoms with E-state index in [0.717, 1.165) is 43.4 Å². The average molecular weight is 365 g/mol. The predicted molar refractivity (Wildman–Crippen MR) is 107 cm³/mol. The van der Waals surface area contributed by atoms with E-state index in [1.807, 2.05) is 18.2 Å². The molecule has 4 rings (SSSR count). The Morgan fingerprint density at radius 1 is 1.22 bits per heavy atom. The molecule has 27 heavy (non-hydrogen) atoms. The number of phenolic OH excluding ortho intramolecular Hbond substituents is 1. The van der Waals surface area contributed by atoms with Crippen LogP contribution >= 0.6 is 0 Å². The molecule has 142 valence electrons. The van der Waals surface area contributed by atoms with Gasteiger partial charge in [0.15, 0.2) is 0 Å². The topological polar surface area (TPSA) is 74.2 Å². The van der Waals surface area contributed by atoms with Gasteiger partial charge in [-0.05, 0) is 81.0 Å². The van der Waals surface area contributed by atoms with Crippen molar-refractivity contribution in [3.63, 3.8) is 0 Å². The molecular formula is C22H27N3O2. The summed E-state index contributed by atoms with van der Waals surface area (Å²) in [6.45, 7) is 1.11. The van der Waals surface area contributed by atoms with Crippen LogP contribution in [0.15, 0.2) is 36.5 Å². The number of hydrogen-bond acceptors (Lipinski definition) is 4. The van der Waals surface area contributed by atoms with Crippen LogP contribution in [-0.2, 0) is 11.2 Å². The summed E-state index contributed by atoms with van der Waals surface area (Å²) in [5, 5.41) is 16.8. The van der Waals surface area contributed by atoms with Crippen LogP contribution in [0.5, 0.6) is 5.75 Å². The lowest BCUT2D eigenvalue weighted by Gasteiger charge is -2.23. The molecule has 1 amide bonds. The summed E-state index contributed by atoms with van der Waals surface area (Å²) in [6.07, 6.45) is 9.41. The number of rotatable bonds is 6. The summed E-state index contributed by atoms with van der Waals surface area (Å²) >= 11 is 0.